The van der Waals surface area contributed by atoms with Crippen molar-refractivity contribution in [2.24, 2.45) is 0 Å². The van der Waals surface area contributed by atoms with E-state index in [1.54, 1.807) is 41.5 Å². The second-order valence-corrected chi connectivity index (χ2v) is 9.33. The molecule has 1 unspecified atom stereocenters. The van der Waals surface area contributed by atoms with E-state index in [9.17, 15) is 19.2 Å². The first-order valence-corrected chi connectivity index (χ1v) is 11.4. The third-order valence-corrected chi connectivity index (χ3v) is 4.87. The maximum atomic E-state index is 12.9. The van der Waals surface area contributed by atoms with Gasteiger partial charge in [-0.3, -0.25) is 9.69 Å². The van der Waals surface area contributed by atoms with Crippen molar-refractivity contribution in [3.63, 3.8) is 0 Å². The zero-order valence-electron chi connectivity index (χ0n) is 21.0. The zero-order chi connectivity index (χ0) is 26.2. The zero-order valence-corrected chi connectivity index (χ0v) is 21.0. The Kier molecular flexibility index (Phi) is 9.41. The number of rotatable bonds is 8. The molecule has 1 fully saturated rings. The van der Waals surface area contributed by atoms with E-state index in [0.717, 1.165) is 11.6 Å². The van der Waals surface area contributed by atoms with Gasteiger partial charge in [0.1, 0.15) is 17.9 Å². The van der Waals surface area contributed by atoms with Crippen LogP contribution in [-0.4, -0.2) is 65.5 Å². The number of hydrogen-bond donors (Lipinski definition) is 1. The third-order valence-electron chi connectivity index (χ3n) is 4.87. The second kappa shape index (κ2) is 11.8. The minimum Gasteiger partial charge on any atom is -0.464 e. The molecule has 10 nitrogen and oxygen atoms in total. The second-order valence-electron chi connectivity index (χ2n) is 9.33. The molecule has 1 N–H and O–H groups in total. The Bertz CT molecular complexity index is 937. The van der Waals surface area contributed by atoms with Gasteiger partial charge >= 0.3 is 18.2 Å². The molecule has 0 saturated carbocycles. The van der Waals surface area contributed by atoms with Crippen LogP contribution in [0.25, 0.3) is 0 Å². The number of ether oxygens (including phenoxy) is 4. The summed E-state index contributed by atoms with van der Waals surface area (Å²) in [7, 11) is 0. The molecule has 2 amide bonds. The van der Waals surface area contributed by atoms with E-state index in [2.05, 4.69) is 5.32 Å². The predicted molar refractivity (Wildman–Crippen MR) is 126 cm³/mol. The van der Waals surface area contributed by atoms with E-state index >= 15 is 0 Å². The largest absolute Gasteiger partial charge is 0.464 e. The molecule has 1 aromatic rings. The molecule has 1 aliphatic rings. The highest BCUT2D eigenvalue weighted by atomic mass is 16.6. The van der Waals surface area contributed by atoms with Gasteiger partial charge in [0, 0.05) is 0 Å². The van der Waals surface area contributed by atoms with Crippen LogP contribution in [0.4, 0.5) is 9.59 Å². The molecule has 2 rings (SSSR count). The lowest BCUT2D eigenvalue weighted by atomic mass is 10.1. The topological polar surface area (TPSA) is 120 Å². The van der Waals surface area contributed by atoms with Crippen molar-refractivity contribution in [3.8, 4) is 0 Å². The minimum absolute atomic E-state index is 0.0218. The first-order chi connectivity index (χ1) is 16.3. The Morgan fingerprint density at radius 3 is 2.43 bits per heavy atom. The molecule has 0 radical (unpaired) electrons. The number of carbonyl (C=O) groups is 4. The van der Waals surface area contributed by atoms with Gasteiger partial charge in [0.2, 0.25) is 0 Å². The Balaban J connectivity index is 2.12. The quantitative estimate of drug-likeness (QED) is 0.255. The summed E-state index contributed by atoms with van der Waals surface area (Å²) in [5, 5.41) is 2.25. The van der Waals surface area contributed by atoms with E-state index in [1.807, 2.05) is 30.3 Å². The van der Waals surface area contributed by atoms with Gasteiger partial charge in [-0.2, -0.15) is 0 Å². The van der Waals surface area contributed by atoms with Crippen molar-refractivity contribution in [2.75, 3.05) is 13.2 Å². The minimum atomic E-state index is -1.60. The summed E-state index contributed by atoms with van der Waals surface area (Å²) in [5.74, 6) is -1.66. The molecule has 1 aromatic carbocycles. The number of benzene rings is 1. The van der Waals surface area contributed by atoms with Gasteiger partial charge in [-0.05, 0) is 53.2 Å². The van der Waals surface area contributed by atoms with Crippen molar-refractivity contribution in [1.29, 1.82) is 0 Å². The average Bonchev–Trinajstić information content (AvgIpc) is 3.08. The van der Waals surface area contributed by atoms with Gasteiger partial charge in [0.05, 0.1) is 19.3 Å². The molecule has 1 saturated heterocycles. The lowest BCUT2D eigenvalue weighted by Gasteiger charge is -2.31. The Labute approximate surface area is 205 Å². The normalized spacial score (nSPS) is 18.1. The van der Waals surface area contributed by atoms with Crippen LogP contribution in [-0.2, 0) is 35.1 Å². The number of alkyl carbamates (subject to hydrolysis) is 1. The summed E-state index contributed by atoms with van der Waals surface area (Å²) in [6.45, 7) is 10.2. The van der Waals surface area contributed by atoms with Crippen molar-refractivity contribution in [1.82, 2.24) is 10.2 Å². The molecular formula is C25H34N2O8. The summed E-state index contributed by atoms with van der Waals surface area (Å²) < 4.78 is 21.2. The molecule has 0 bridgehead atoms. The van der Waals surface area contributed by atoms with Crippen LogP contribution in [0.5, 0.6) is 0 Å². The SMILES string of the molecule is CCOC(=O)C(NC(=O)OC(C)(C)C)C(=O)/C=C/[C@@H]1COC(C)(C)N1C(=O)OCc1ccccc1. The summed E-state index contributed by atoms with van der Waals surface area (Å²) in [4.78, 5) is 51.5. The van der Waals surface area contributed by atoms with Crippen LogP contribution in [0.3, 0.4) is 0 Å². The fraction of sp³-hybridized carbons (Fsp3) is 0.520. The van der Waals surface area contributed by atoms with Gasteiger partial charge in [0.15, 0.2) is 11.8 Å². The van der Waals surface area contributed by atoms with Crippen LogP contribution >= 0.6 is 0 Å². The lowest BCUT2D eigenvalue weighted by Crippen LogP contribution is -2.49. The Hall–Kier alpha value is -3.40. The van der Waals surface area contributed by atoms with E-state index in [4.69, 9.17) is 18.9 Å². The van der Waals surface area contributed by atoms with Gasteiger partial charge < -0.3 is 24.3 Å². The van der Waals surface area contributed by atoms with Crippen LogP contribution < -0.4 is 5.32 Å². The highest BCUT2D eigenvalue weighted by Crippen LogP contribution is 2.29. The number of ketones is 1. The molecule has 35 heavy (non-hydrogen) atoms. The molecule has 1 aliphatic heterocycles. The smallest absolute Gasteiger partial charge is 0.412 e. The fourth-order valence-corrected chi connectivity index (χ4v) is 3.32. The number of carbonyl (C=O) groups excluding carboxylic acids is 4. The van der Waals surface area contributed by atoms with E-state index in [-0.39, 0.29) is 19.8 Å². The summed E-state index contributed by atoms with van der Waals surface area (Å²) in [5.41, 5.74) is -0.983. The first-order valence-electron chi connectivity index (χ1n) is 11.4. The van der Waals surface area contributed by atoms with Crippen molar-refractivity contribution < 1.29 is 38.1 Å². The lowest BCUT2D eigenvalue weighted by molar-refractivity contribution is -0.147. The van der Waals surface area contributed by atoms with Gasteiger partial charge in [0.25, 0.3) is 0 Å². The van der Waals surface area contributed by atoms with Crippen LogP contribution in [0.2, 0.25) is 0 Å². The third kappa shape index (κ3) is 8.40. The van der Waals surface area contributed by atoms with Gasteiger partial charge in [-0.1, -0.05) is 36.4 Å². The standard InChI is InChI=1S/C25H34N2O8/c1-7-32-21(29)20(26-22(30)35-24(2,3)4)19(28)14-13-18-16-34-25(5,6)27(18)23(31)33-15-17-11-9-8-10-12-17/h8-14,18,20H,7,15-16H2,1-6H3,(H,26,30)/b14-13+/t18-,20?/m1/s1. The average molecular weight is 491 g/mol. The highest BCUT2D eigenvalue weighted by molar-refractivity contribution is 6.10. The van der Waals surface area contributed by atoms with Crippen molar-refractivity contribution >= 4 is 23.9 Å². The number of hydrogen-bond acceptors (Lipinski definition) is 8. The number of amides is 2. The number of nitrogens with one attached hydrogen (secondary N) is 1. The van der Waals surface area contributed by atoms with E-state index in [0.29, 0.717) is 0 Å². The van der Waals surface area contributed by atoms with E-state index < -0.39 is 47.3 Å². The molecular weight excluding hydrogens is 456 g/mol. The molecule has 0 aromatic heterocycles. The molecule has 1 heterocycles. The molecule has 0 aliphatic carbocycles. The maximum absolute atomic E-state index is 12.9. The fourth-order valence-electron chi connectivity index (χ4n) is 3.32. The summed E-state index contributed by atoms with van der Waals surface area (Å²) in [6.07, 6.45) is 0.997. The monoisotopic (exact) mass is 490 g/mol. The molecule has 2 atom stereocenters. The first kappa shape index (κ1) is 27.8. The predicted octanol–water partition coefficient (Wildman–Crippen LogP) is 3.34. The highest BCUT2D eigenvalue weighted by Gasteiger charge is 2.44. The van der Waals surface area contributed by atoms with Crippen LogP contribution in [0.15, 0.2) is 42.5 Å². The van der Waals surface area contributed by atoms with Crippen molar-refractivity contribution in [2.45, 2.75) is 71.6 Å². The Morgan fingerprint density at radius 1 is 1.17 bits per heavy atom. The van der Waals surface area contributed by atoms with Gasteiger partial charge in [-0.15, -0.1) is 0 Å². The maximum Gasteiger partial charge on any atom is 0.412 e. The van der Waals surface area contributed by atoms with Gasteiger partial charge in [-0.25, -0.2) is 14.4 Å². The van der Waals surface area contributed by atoms with Crippen molar-refractivity contribution in [3.05, 3.63) is 48.0 Å². The van der Waals surface area contributed by atoms with Crippen LogP contribution in [0.1, 0.15) is 47.1 Å². The van der Waals surface area contributed by atoms with Crippen LogP contribution in [0, 0.1) is 0 Å². The Morgan fingerprint density at radius 2 is 1.83 bits per heavy atom. The molecule has 0 spiro atoms. The van der Waals surface area contributed by atoms with E-state index in [1.165, 1.54) is 11.0 Å². The number of nitrogens with zero attached hydrogens (tertiary/aromatic N) is 1. The summed E-state index contributed by atoms with van der Waals surface area (Å²) in [6, 6.07) is 6.98. The molecule has 10 heteroatoms. The number of esters is 1. The summed E-state index contributed by atoms with van der Waals surface area (Å²) >= 11 is 0. The molecule has 192 valence electrons.